The molecule has 1 amide bonds. The highest BCUT2D eigenvalue weighted by Crippen LogP contribution is 2.15. The van der Waals surface area contributed by atoms with E-state index in [1.807, 2.05) is 31.3 Å². The third-order valence-electron chi connectivity index (χ3n) is 3.83. The molecule has 0 aliphatic rings. The molecule has 20 heavy (non-hydrogen) atoms. The van der Waals surface area contributed by atoms with Crippen molar-refractivity contribution < 1.29 is 4.79 Å². The first-order valence-electron chi connectivity index (χ1n) is 7.44. The van der Waals surface area contributed by atoms with Crippen molar-refractivity contribution in [3.63, 3.8) is 0 Å². The third kappa shape index (κ3) is 4.64. The van der Waals surface area contributed by atoms with Crippen LogP contribution in [0.1, 0.15) is 56.0 Å². The minimum absolute atomic E-state index is 0.0660. The lowest BCUT2D eigenvalue weighted by atomic mass is 10.0. The molecule has 2 N–H and O–H groups in total. The summed E-state index contributed by atoms with van der Waals surface area (Å²) in [5.74, 6) is 1.00. The van der Waals surface area contributed by atoms with Crippen LogP contribution in [0, 0.1) is 5.92 Å². The van der Waals surface area contributed by atoms with Gasteiger partial charge in [-0.05, 0) is 36.0 Å². The van der Waals surface area contributed by atoms with Crippen LogP contribution in [0.2, 0.25) is 0 Å². The second kappa shape index (κ2) is 7.44. The Morgan fingerprint density at radius 1 is 1.15 bits per heavy atom. The normalized spacial score (nSPS) is 12.8. The van der Waals surface area contributed by atoms with Crippen LogP contribution in [0.3, 0.4) is 0 Å². The van der Waals surface area contributed by atoms with Crippen LogP contribution in [-0.2, 0) is 0 Å². The summed E-state index contributed by atoms with van der Waals surface area (Å²) >= 11 is 0. The molecule has 0 heterocycles. The smallest absolute Gasteiger partial charge is 0.253 e. The van der Waals surface area contributed by atoms with Gasteiger partial charge < -0.3 is 10.6 Å². The summed E-state index contributed by atoms with van der Waals surface area (Å²) in [7, 11) is 1.84. The predicted octanol–water partition coefficient (Wildman–Crippen LogP) is 3.26. The average molecular weight is 276 g/mol. The van der Waals surface area contributed by atoms with Gasteiger partial charge in [-0.3, -0.25) is 4.79 Å². The van der Waals surface area contributed by atoms with E-state index in [9.17, 15) is 4.79 Å². The Bertz CT molecular complexity index is 423. The monoisotopic (exact) mass is 276 g/mol. The van der Waals surface area contributed by atoms with E-state index in [2.05, 4.69) is 27.7 Å². The van der Waals surface area contributed by atoms with E-state index in [4.69, 9.17) is 5.73 Å². The maximum absolute atomic E-state index is 12.3. The maximum atomic E-state index is 12.3. The van der Waals surface area contributed by atoms with Gasteiger partial charge in [-0.25, -0.2) is 0 Å². The second-order valence-electron chi connectivity index (χ2n) is 6.20. The molecule has 0 aromatic heterocycles. The van der Waals surface area contributed by atoms with E-state index in [0.29, 0.717) is 18.4 Å². The van der Waals surface area contributed by atoms with Gasteiger partial charge in [0.25, 0.3) is 5.91 Å². The number of carbonyl (C=O) groups is 1. The molecule has 0 saturated heterocycles. The van der Waals surface area contributed by atoms with E-state index >= 15 is 0 Å². The highest BCUT2D eigenvalue weighted by atomic mass is 16.2. The Balaban J connectivity index is 2.60. The summed E-state index contributed by atoms with van der Waals surface area (Å²) in [6.45, 7) is 9.21. The number of nitrogens with two attached hydrogens (primary N) is 1. The lowest BCUT2D eigenvalue weighted by molar-refractivity contribution is 0.0789. The van der Waals surface area contributed by atoms with Crippen molar-refractivity contribution in [1.82, 2.24) is 4.90 Å². The molecular formula is C17H28N2O. The molecule has 0 saturated carbocycles. The van der Waals surface area contributed by atoms with Crippen molar-refractivity contribution >= 4 is 5.91 Å². The summed E-state index contributed by atoms with van der Waals surface area (Å²) in [6.07, 6.45) is 0.837. The molecule has 3 heteroatoms. The molecule has 1 aromatic carbocycles. The number of hydrogen-bond acceptors (Lipinski definition) is 2. The zero-order valence-electron chi connectivity index (χ0n) is 13.4. The van der Waals surface area contributed by atoms with E-state index in [-0.39, 0.29) is 11.9 Å². The van der Waals surface area contributed by atoms with Crippen LogP contribution < -0.4 is 5.73 Å². The van der Waals surface area contributed by atoms with Crippen LogP contribution in [0.25, 0.3) is 0 Å². The molecule has 0 radical (unpaired) electrons. The zero-order chi connectivity index (χ0) is 15.3. The summed E-state index contributed by atoms with van der Waals surface area (Å²) in [4.78, 5) is 14.0. The van der Waals surface area contributed by atoms with Crippen LogP contribution in [0.5, 0.6) is 0 Å². The Morgan fingerprint density at radius 3 is 2.15 bits per heavy atom. The molecule has 0 aliphatic heterocycles. The van der Waals surface area contributed by atoms with Crippen molar-refractivity contribution in [1.29, 1.82) is 0 Å². The molecule has 1 atom stereocenters. The topological polar surface area (TPSA) is 46.3 Å². The number of rotatable bonds is 6. The molecule has 1 aromatic rings. The van der Waals surface area contributed by atoms with E-state index in [1.165, 1.54) is 5.56 Å². The average Bonchev–Trinajstić information content (AvgIpc) is 2.43. The lowest BCUT2D eigenvalue weighted by Gasteiger charge is -2.21. The van der Waals surface area contributed by atoms with Crippen LogP contribution >= 0.6 is 0 Å². The van der Waals surface area contributed by atoms with Crippen molar-refractivity contribution in [2.45, 2.75) is 46.1 Å². The Morgan fingerprint density at radius 2 is 1.70 bits per heavy atom. The highest BCUT2D eigenvalue weighted by molar-refractivity contribution is 5.94. The zero-order valence-corrected chi connectivity index (χ0v) is 13.4. The third-order valence-corrected chi connectivity index (χ3v) is 3.83. The van der Waals surface area contributed by atoms with Crippen LogP contribution in [0.4, 0.5) is 0 Å². The van der Waals surface area contributed by atoms with Gasteiger partial charge in [-0.2, -0.15) is 0 Å². The van der Waals surface area contributed by atoms with Gasteiger partial charge in [-0.15, -0.1) is 0 Å². The van der Waals surface area contributed by atoms with Crippen molar-refractivity contribution in [3.8, 4) is 0 Å². The van der Waals surface area contributed by atoms with Crippen molar-refractivity contribution in [2.75, 3.05) is 13.6 Å². The SMILES string of the molecule is CC(C)c1ccc(C(=O)N(C)CCC(N)C(C)C)cc1. The molecule has 0 spiro atoms. The maximum Gasteiger partial charge on any atom is 0.253 e. The van der Waals surface area contributed by atoms with Crippen LogP contribution in [0.15, 0.2) is 24.3 Å². The first-order chi connectivity index (χ1) is 9.32. The number of benzene rings is 1. The first kappa shape index (κ1) is 16.7. The summed E-state index contributed by atoms with van der Waals surface area (Å²) in [6, 6.07) is 8.04. The van der Waals surface area contributed by atoms with Crippen molar-refractivity contribution in [2.24, 2.45) is 11.7 Å². The van der Waals surface area contributed by atoms with Gasteiger partial charge in [0.05, 0.1) is 0 Å². The highest BCUT2D eigenvalue weighted by Gasteiger charge is 2.14. The van der Waals surface area contributed by atoms with Gasteiger partial charge >= 0.3 is 0 Å². The van der Waals surface area contributed by atoms with Gasteiger partial charge in [0.15, 0.2) is 0 Å². The molecule has 112 valence electrons. The number of carbonyl (C=O) groups excluding carboxylic acids is 1. The summed E-state index contributed by atoms with van der Waals surface area (Å²) in [5, 5.41) is 0. The minimum Gasteiger partial charge on any atom is -0.342 e. The quantitative estimate of drug-likeness (QED) is 0.867. The van der Waals surface area contributed by atoms with E-state index in [0.717, 1.165) is 12.0 Å². The fourth-order valence-electron chi connectivity index (χ4n) is 2.01. The molecule has 1 rings (SSSR count). The molecule has 1 unspecified atom stereocenters. The standard InChI is InChI=1S/C17H28N2O/c1-12(2)14-6-8-15(9-7-14)17(20)19(5)11-10-16(18)13(3)4/h6-9,12-13,16H,10-11,18H2,1-5H3. The Labute approximate surface area is 123 Å². The largest absolute Gasteiger partial charge is 0.342 e. The molecule has 0 aliphatic carbocycles. The number of hydrogen-bond donors (Lipinski definition) is 1. The van der Waals surface area contributed by atoms with Gasteiger partial charge in [0, 0.05) is 25.2 Å². The predicted molar refractivity (Wildman–Crippen MR) is 84.9 cm³/mol. The number of nitrogens with zero attached hydrogens (tertiary/aromatic N) is 1. The molecule has 0 bridgehead atoms. The summed E-state index contributed by atoms with van der Waals surface area (Å²) < 4.78 is 0. The minimum atomic E-state index is 0.0660. The van der Waals surface area contributed by atoms with Crippen molar-refractivity contribution in [3.05, 3.63) is 35.4 Å². The summed E-state index contributed by atoms with van der Waals surface area (Å²) in [5.41, 5.74) is 8.02. The van der Waals surface area contributed by atoms with Gasteiger partial charge in [0.2, 0.25) is 0 Å². The fraction of sp³-hybridized carbons (Fsp3) is 0.588. The first-order valence-corrected chi connectivity index (χ1v) is 7.44. The molecule has 0 fully saturated rings. The molecular weight excluding hydrogens is 248 g/mol. The number of amides is 1. The van der Waals surface area contributed by atoms with Gasteiger partial charge in [0.1, 0.15) is 0 Å². The second-order valence-corrected chi connectivity index (χ2v) is 6.20. The van der Waals surface area contributed by atoms with Gasteiger partial charge in [-0.1, -0.05) is 39.8 Å². The molecule has 3 nitrogen and oxygen atoms in total. The van der Waals surface area contributed by atoms with Crippen LogP contribution in [-0.4, -0.2) is 30.4 Å². The van der Waals surface area contributed by atoms with E-state index < -0.39 is 0 Å². The van der Waals surface area contributed by atoms with E-state index in [1.54, 1.807) is 4.90 Å². The Hall–Kier alpha value is -1.35. The lowest BCUT2D eigenvalue weighted by Crippen LogP contribution is -2.34. The fourth-order valence-corrected chi connectivity index (χ4v) is 2.01. The Kier molecular flexibility index (Phi) is 6.21.